The normalized spacial score (nSPS) is 10.2. The van der Waals surface area contributed by atoms with Crippen molar-refractivity contribution >= 4 is 11.9 Å². The quantitative estimate of drug-likeness (QED) is 0.877. The van der Waals surface area contributed by atoms with Crippen molar-refractivity contribution in [3.63, 3.8) is 0 Å². The number of carbonyl (C=O) groups excluding carboxylic acids is 1. The average Bonchev–Trinajstić information content (AvgIpc) is 2.94. The molecular weight excluding hydrogens is 258 g/mol. The van der Waals surface area contributed by atoms with Gasteiger partial charge < -0.3 is 14.8 Å². The van der Waals surface area contributed by atoms with E-state index in [4.69, 9.17) is 9.52 Å². The standard InChI is InChI=1S/C15H15NO4/c1-2-10-5-3-4-6-12(10)14(17)16-9-11-7-8-13(20-11)15(18)19/h3-8H,2,9H2,1H3,(H,16,17)(H,18,19). The summed E-state index contributed by atoms with van der Waals surface area (Å²) < 4.78 is 5.07. The van der Waals surface area contributed by atoms with E-state index >= 15 is 0 Å². The molecule has 20 heavy (non-hydrogen) atoms. The second kappa shape index (κ2) is 6.06. The van der Waals surface area contributed by atoms with Gasteiger partial charge in [0.2, 0.25) is 5.76 Å². The van der Waals surface area contributed by atoms with E-state index in [1.165, 1.54) is 12.1 Å². The van der Waals surface area contributed by atoms with Crippen LogP contribution in [0.2, 0.25) is 0 Å². The number of carboxylic acid groups (broad SMARTS) is 1. The largest absolute Gasteiger partial charge is 0.475 e. The third kappa shape index (κ3) is 3.06. The Bertz CT molecular complexity index is 630. The van der Waals surface area contributed by atoms with Gasteiger partial charge in [-0.2, -0.15) is 0 Å². The molecule has 0 spiro atoms. The summed E-state index contributed by atoms with van der Waals surface area (Å²) >= 11 is 0. The molecule has 0 bridgehead atoms. The summed E-state index contributed by atoms with van der Waals surface area (Å²) in [5.74, 6) is -1.05. The highest BCUT2D eigenvalue weighted by atomic mass is 16.4. The summed E-state index contributed by atoms with van der Waals surface area (Å²) in [6.07, 6.45) is 0.771. The minimum absolute atomic E-state index is 0.136. The molecule has 1 heterocycles. The lowest BCUT2D eigenvalue weighted by molar-refractivity contribution is 0.0660. The molecule has 0 aliphatic heterocycles. The van der Waals surface area contributed by atoms with Gasteiger partial charge in [0.25, 0.3) is 5.91 Å². The van der Waals surface area contributed by atoms with Crippen LogP contribution in [-0.2, 0) is 13.0 Å². The van der Waals surface area contributed by atoms with Gasteiger partial charge in [0.1, 0.15) is 5.76 Å². The molecule has 1 aromatic heterocycles. The van der Waals surface area contributed by atoms with E-state index in [0.29, 0.717) is 11.3 Å². The molecule has 2 aromatic rings. The summed E-state index contributed by atoms with van der Waals surface area (Å²) in [6, 6.07) is 10.3. The maximum atomic E-state index is 12.1. The Labute approximate surface area is 116 Å². The Morgan fingerprint density at radius 2 is 1.95 bits per heavy atom. The highest BCUT2D eigenvalue weighted by Crippen LogP contribution is 2.11. The molecule has 104 valence electrons. The van der Waals surface area contributed by atoms with Crippen molar-refractivity contribution in [2.24, 2.45) is 0 Å². The van der Waals surface area contributed by atoms with Crippen LogP contribution in [-0.4, -0.2) is 17.0 Å². The minimum atomic E-state index is -1.13. The van der Waals surface area contributed by atoms with Gasteiger partial charge in [0.15, 0.2) is 0 Å². The summed E-state index contributed by atoms with van der Waals surface area (Å²) in [6.45, 7) is 2.14. The number of furan rings is 1. The van der Waals surface area contributed by atoms with Crippen molar-refractivity contribution in [3.8, 4) is 0 Å². The van der Waals surface area contributed by atoms with E-state index < -0.39 is 5.97 Å². The van der Waals surface area contributed by atoms with Crippen LogP contribution in [0.15, 0.2) is 40.8 Å². The lowest BCUT2D eigenvalue weighted by Gasteiger charge is -2.07. The molecule has 0 atom stereocenters. The number of aryl methyl sites for hydroxylation is 1. The third-order valence-corrected chi connectivity index (χ3v) is 2.94. The van der Waals surface area contributed by atoms with Crippen LogP contribution in [0.25, 0.3) is 0 Å². The van der Waals surface area contributed by atoms with Gasteiger partial charge in [-0.1, -0.05) is 25.1 Å². The number of hydrogen-bond acceptors (Lipinski definition) is 3. The van der Waals surface area contributed by atoms with Gasteiger partial charge in [0, 0.05) is 5.56 Å². The fourth-order valence-electron chi connectivity index (χ4n) is 1.90. The number of carbonyl (C=O) groups is 2. The summed E-state index contributed by atoms with van der Waals surface area (Å²) in [5, 5.41) is 11.5. The zero-order chi connectivity index (χ0) is 14.5. The maximum Gasteiger partial charge on any atom is 0.371 e. The molecule has 2 N–H and O–H groups in total. The molecule has 0 fully saturated rings. The van der Waals surface area contributed by atoms with E-state index in [-0.39, 0.29) is 18.2 Å². The predicted molar refractivity (Wildman–Crippen MR) is 72.7 cm³/mol. The SMILES string of the molecule is CCc1ccccc1C(=O)NCc1ccc(C(=O)O)o1. The number of aromatic carboxylic acids is 1. The van der Waals surface area contributed by atoms with Crippen molar-refractivity contribution in [1.29, 1.82) is 0 Å². The van der Waals surface area contributed by atoms with Crippen LogP contribution >= 0.6 is 0 Å². The van der Waals surface area contributed by atoms with Gasteiger partial charge in [-0.05, 0) is 30.2 Å². The number of rotatable bonds is 5. The number of benzene rings is 1. The van der Waals surface area contributed by atoms with Crippen molar-refractivity contribution in [1.82, 2.24) is 5.32 Å². The molecule has 0 aliphatic rings. The van der Waals surface area contributed by atoms with Gasteiger partial charge in [-0.3, -0.25) is 4.79 Å². The van der Waals surface area contributed by atoms with Crippen LogP contribution in [0.4, 0.5) is 0 Å². The zero-order valence-corrected chi connectivity index (χ0v) is 11.1. The molecular formula is C15H15NO4. The smallest absolute Gasteiger partial charge is 0.371 e. The van der Waals surface area contributed by atoms with Crippen molar-refractivity contribution in [2.45, 2.75) is 19.9 Å². The molecule has 1 amide bonds. The Morgan fingerprint density at radius 1 is 1.20 bits per heavy atom. The Hall–Kier alpha value is -2.56. The van der Waals surface area contributed by atoms with Crippen LogP contribution in [0.5, 0.6) is 0 Å². The maximum absolute atomic E-state index is 12.1. The predicted octanol–water partition coefficient (Wildman–Crippen LogP) is 2.47. The highest BCUT2D eigenvalue weighted by molar-refractivity contribution is 5.95. The van der Waals surface area contributed by atoms with Crippen molar-refractivity contribution in [3.05, 3.63) is 59.0 Å². The molecule has 0 aliphatic carbocycles. The molecule has 2 rings (SSSR count). The fourth-order valence-corrected chi connectivity index (χ4v) is 1.90. The van der Waals surface area contributed by atoms with Gasteiger partial charge in [-0.25, -0.2) is 4.79 Å². The van der Waals surface area contributed by atoms with Crippen LogP contribution in [0.3, 0.4) is 0 Å². The first-order valence-corrected chi connectivity index (χ1v) is 6.30. The summed E-state index contributed by atoms with van der Waals surface area (Å²) in [5.41, 5.74) is 1.59. The third-order valence-electron chi connectivity index (χ3n) is 2.94. The number of hydrogen-bond donors (Lipinski definition) is 2. The Balaban J connectivity index is 2.03. The highest BCUT2D eigenvalue weighted by Gasteiger charge is 2.12. The molecule has 0 saturated carbocycles. The van der Waals surface area contributed by atoms with Crippen LogP contribution < -0.4 is 5.32 Å². The van der Waals surface area contributed by atoms with E-state index in [1.54, 1.807) is 6.07 Å². The average molecular weight is 273 g/mol. The first kappa shape index (κ1) is 13.9. The molecule has 0 radical (unpaired) electrons. The van der Waals surface area contributed by atoms with Crippen LogP contribution in [0, 0.1) is 0 Å². The molecule has 0 saturated heterocycles. The monoisotopic (exact) mass is 273 g/mol. The summed E-state index contributed by atoms with van der Waals surface area (Å²) in [4.78, 5) is 22.7. The number of nitrogens with one attached hydrogen (secondary N) is 1. The second-order valence-corrected chi connectivity index (χ2v) is 4.26. The summed E-state index contributed by atoms with van der Waals surface area (Å²) in [7, 11) is 0. The second-order valence-electron chi connectivity index (χ2n) is 4.26. The lowest BCUT2D eigenvalue weighted by atomic mass is 10.0. The molecule has 0 unspecified atom stereocenters. The van der Waals surface area contributed by atoms with Gasteiger partial charge in [-0.15, -0.1) is 0 Å². The lowest BCUT2D eigenvalue weighted by Crippen LogP contribution is -2.23. The minimum Gasteiger partial charge on any atom is -0.475 e. The molecule has 5 nitrogen and oxygen atoms in total. The molecule has 1 aromatic carbocycles. The molecule has 5 heteroatoms. The van der Waals surface area contributed by atoms with E-state index in [2.05, 4.69) is 5.32 Å². The van der Waals surface area contributed by atoms with E-state index in [9.17, 15) is 9.59 Å². The Morgan fingerprint density at radius 3 is 2.60 bits per heavy atom. The van der Waals surface area contributed by atoms with E-state index in [1.807, 2.05) is 25.1 Å². The van der Waals surface area contributed by atoms with Crippen LogP contribution in [0.1, 0.15) is 39.2 Å². The van der Waals surface area contributed by atoms with Crippen molar-refractivity contribution < 1.29 is 19.1 Å². The van der Waals surface area contributed by atoms with E-state index in [0.717, 1.165) is 12.0 Å². The fraction of sp³-hybridized carbons (Fsp3) is 0.200. The van der Waals surface area contributed by atoms with Gasteiger partial charge in [0.05, 0.1) is 6.54 Å². The zero-order valence-electron chi connectivity index (χ0n) is 11.1. The topological polar surface area (TPSA) is 79.5 Å². The van der Waals surface area contributed by atoms with Crippen molar-refractivity contribution in [2.75, 3.05) is 0 Å². The Kier molecular flexibility index (Phi) is 4.20. The first-order chi connectivity index (χ1) is 9.61. The van der Waals surface area contributed by atoms with Gasteiger partial charge >= 0.3 is 5.97 Å². The number of carboxylic acids is 1. The first-order valence-electron chi connectivity index (χ1n) is 6.30. The number of amides is 1.